The molecule has 0 aliphatic rings. The van der Waals surface area contributed by atoms with E-state index in [-0.39, 0.29) is 0 Å². The van der Waals surface area contributed by atoms with Crippen LogP contribution in [0.25, 0.3) is 0 Å². The summed E-state index contributed by atoms with van der Waals surface area (Å²) in [4.78, 5) is 15.9. The molecule has 1 atom stereocenters. The molecule has 0 fully saturated rings. The van der Waals surface area contributed by atoms with Crippen LogP contribution in [0.3, 0.4) is 0 Å². The smallest absolute Gasteiger partial charge is 0.345 e. The molecule has 0 saturated carbocycles. The van der Waals surface area contributed by atoms with E-state index in [1.54, 1.807) is 12.1 Å². The molecule has 120 valence electrons. The Morgan fingerprint density at radius 1 is 1.32 bits per heavy atom. The van der Waals surface area contributed by atoms with Crippen LogP contribution in [0.4, 0.5) is 0 Å². The van der Waals surface area contributed by atoms with E-state index < -0.39 is 25.6 Å². The minimum Gasteiger partial charge on any atom is -0.478 e. The zero-order valence-electron chi connectivity index (χ0n) is 14.4. The Hall–Kier alpha value is -1.80. The second kappa shape index (κ2) is 6.53. The normalized spacial score (nSPS) is 13.0. The number of pyridine rings is 1. The molecule has 5 heteroatoms. The zero-order valence-corrected chi connectivity index (χ0v) is 15.4. The molecule has 4 nitrogen and oxygen atoms in total. The largest absolute Gasteiger partial charge is 0.478 e. The van der Waals surface area contributed by atoms with Gasteiger partial charge < -0.3 is 9.84 Å². The van der Waals surface area contributed by atoms with Crippen LogP contribution in [0.2, 0.25) is 19.6 Å². The van der Waals surface area contributed by atoms with Gasteiger partial charge >= 0.3 is 5.97 Å². The SMILES string of the molecule is Cc1ccc(OC(C(=O)O)C(C)(C)C)c(C#C[Si](C)(C)C)n1. The van der Waals surface area contributed by atoms with Crippen molar-refractivity contribution in [3.05, 3.63) is 23.5 Å². The van der Waals surface area contributed by atoms with Crippen LogP contribution in [0, 0.1) is 23.8 Å². The molecule has 22 heavy (non-hydrogen) atoms. The van der Waals surface area contributed by atoms with Crippen molar-refractivity contribution in [3.8, 4) is 17.2 Å². The Balaban J connectivity index is 3.24. The van der Waals surface area contributed by atoms with Gasteiger partial charge in [-0.25, -0.2) is 9.78 Å². The Kier molecular flexibility index (Phi) is 5.42. The summed E-state index contributed by atoms with van der Waals surface area (Å²) in [5, 5.41) is 9.40. The maximum Gasteiger partial charge on any atom is 0.345 e. The van der Waals surface area contributed by atoms with Crippen molar-refractivity contribution in [1.82, 2.24) is 4.98 Å². The van der Waals surface area contributed by atoms with Crippen LogP contribution in [0.5, 0.6) is 5.75 Å². The van der Waals surface area contributed by atoms with Crippen LogP contribution in [-0.4, -0.2) is 30.2 Å². The highest BCUT2D eigenvalue weighted by atomic mass is 28.3. The topological polar surface area (TPSA) is 59.4 Å². The summed E-state index contributed by atoms with van der Waals surface area (Å²) in [6.07, 6.45) is -0.954. The molecule has 1 aromatic heterocycles. The molecular weight excluding hydrogens is 294 g/mol. The summed E-state index contributed by atoms with van der Waals surface area (Å²) < 4.78 is 5.74. The van der Waals surface area contributed by atoms with Gasteiger partial charge in [0.1, 0.15) is 8.07 Å². The first kappa shape index (κ1) is 18.2. The molecule has 0 bridgehead atoms. The molecule has 0 aliphatic heterocycles. The van der Waals surface area contributed by atoms with Crippen LogP contribution in [0.1, 0.15) is 32.2 Å². The quantitative estimate of drug-likeness (QED) is 0.684. The van der Waals surface area contributed by atoms with Gasteiger partial charge in [-0.3, -0.25) is 0 Å². The molecule has 1 unspecified atom stereocenters. The Morgan fingerprint density at radius 2 is 1.91 bits per heavy atom. The molecular formula is C17H25NO3Si. The highest BCUT2D eigenvalue weighted by molar-refractivity contribution is 6.83. The van der Waals surface area contributed by atoms with Crippen LogP contribution in [-0.2, 0) is 4.79 Å². The number of carboxylic acid groups (broad SMARTS) is 1. The summed E-state index contributed by atoms with van der Waals surface area (Å²) in [6.45, 7) is 13.8. The average Bonchev–Trinajstić information content (AvgIpc) is 2.32. The lowest BCUT2D eigenvalue weighted by Gasteiger charge is -2.27. The molecule has 1 heterocycles. The summed E-state index contributed by atoms with van der Waals surface area (Å²) in [7, 11) is -1.55. The highest BCUT2D eigenvalue weighted by Gasteiger charge is 2.34. The van der Waals surface area contributed by atoms with Gasteiger partial charge in [-0.05, 0) is 19.1 Å². The van der Waals surface area contributed by atoms with Crippen LogP contribution >= 0.6 is 0 Å². The number of hydrogen-bond donors (Lipinski definition) is 1. The van der Waals surface area contributed by atoms with Crippen molar-refractivity contribution in [3.63, 3.8) is 0 Å². The van der Waals surface area contributed by atoms with Crippen molar-refractivity contribution in [2.75, 3.05) is 0 Å². The Morgan fingerprint density at radius 3 is 2.36 bits per heavy atom. The number of carbonyl (C=O) groups is 1. The van der Waals surface area contributed by atoms with Crippen molar-refractivity contribution in [2.45, 2.75) is 53.4 Å². The highest BCUT2D eigenvalue weighted by Crippen LogP contribution is 2.27. The Bertz CT molecular complexity index is 616. The Labute approximate surface area is 133 Å². The molecule has 0 aliphatic carbocycles. The van der Waals surface area contributed by atoms with Crippen molar-refractivity contribution in [1.29, 1.82) is 0 Å². The number of ether oxygens (including phenoxy) is 1. The van der Waals surface area contributed by atoms with Crippen molar-refractivity contribution in [2.24, 2.45) is 5.41 Å². The van der Waals surface area contributed by atoms with E-state index in [9.17, 15) is 9.90 Å². The lowest BCUT2D eigenvalue weighted by atomic mass is 9.89. The number of nitrogens with zero attached hydrogens (tertiary/aromatic N) is 1. The van der Waals surface area contributed by atoms with Gasteiger partial charge in [0.25, 0.3) is 0 Å². The fraction of sp³-hybridized carbons (Fsp3) is 0.529. The third kappa shape index (κ3) is 5.53. The number of aliphatic carboxylic acids is 1. The molecule has 0 aromatic carbocycles. The minimum absolute atomic E-state index is 0.429. The van der Waals surface area contributed by atoms with Crippen LogP contribution in [0.15, 0.2) is 12.1 Å². The van der Waals surface area contributed by atoms with Gasteiger partial charge in [0.05, 0.1) is 0 Å². The fourth-order valence-electron chi connectivity index (χ4n) is 1.70. The van der Waals surface area contributed by atoms with Gasteiger partial charge in [-0.1, -0.05) is 46.3 Å². The van der Waals surface area contributed by atoms with Crippen molar-refractivity contribution >= 4 is 14.0 Å². The number of rotatable bonds is 3. The lowest BCUT2D eigenvalue weighted by molar-refractivity contribution is -0.150. The lowest BCUT2D eigenvalue weighted by Crippen LogP contribution is -2.39. The first-order valence-corrected chi connectivity index (χ1v) is 10.8. The van der Waals surface area contributed by atoms with Gasteiger partial charge in [-0.2, -0.15) is 0 Å². The third-order valence-electron chi connectivity index (χ3n) is 2.81. The fourth-order valence-corrected chi connectivity index (χ4v) is 2.19. The number of carboxylic acids is 1. The molecule has 1 N–H and O–H groups in total. The van der Waals surface area contributed by atoms with Gasteiger partial charge in [0, 0.05) is 11.1 Å². The summed E-state index contributed by atoms with van der Waals surface area (Å²) >= 11 is 0. The maximum absolute atomic E-state index is 11.5. The third-order valence-corrected chi connectivity index (χ3v) is 3.68. The van der Waals surface area contributed by atoms with E-state index in [1.807, 2.05) is 27.7 Å². The van der Waals surface area contributed by atoms with E-state index in [0.717, 1.165) is 5.69 Å². The first-order chi connectivity index (χ1) is 9.90. The van der Waals surface area contributed by atoms with Crippen LogP contribution < -0.4 is 4.74 Å². The van der Waals surface area contributed by atoms with Gasteiger partial charge in [-0.15, -0.1) is 5.54 Å². The van der Waals surface area contributed by atoms with Crippen molar-refractivity contribution < 1.29 is 14.6 Å². The second-order valence-electron chi connectivity index (χ2n) is 7.50. The predicted molar refractivity (Wildman–Crippen MR) is 90.7 cm³/mol. The summed E-state index contributed by atoms with van der Waals surface area (Å²) in [5.74, 6) is 2.51. The standard InChI is InChI=1S/C17H25NO3Si/c1-12-8-9-14(13(18-12)10-11-22(5,6)7)21-15(16(19)20)17(2,3)4/h8-9,15H,1-7H3,(H,19,20). The number of hydrogen-bond acceptors (Lipinski definition) is 3. The summed E-state index contributed by atoms with van der Waals surface area (Å²) in [5.41, 5.74) is 4.06. The van der Waals surface area contributed by atoms with E-state index in [1.165, 1.54) is 0 Å². The molecule has 0 spiro atoms. The number of aryl methyl sites for hydroxylation is 1. The zero-order chi connectivity index (χ0) is 17.1. The number of aromatic nitrogens is 1. The minimum atomic E-state index is -1.55. The predicted octanol–water partition coefficient (Wildman–Crippen LogP) is 3.50. The van der Waals surface area contributed by atoms with Gasteiger partial charge in [0.15, 0.2) is 11.4 Å². The molecule has 0 amide bonds. The van der Waals surface area contributed by atoms with E-state index in [0.29, 0.717) is 11.4 Å². The summed E-state index contributed by atoms with van der Waals surface area (Å²) in [6, 6.07) is 3.55. The van der Waals surface area contributed by atoms with Gasteiger partial charge in [0.2, 0.25) is 6.10 Å². The first-order valence-electron chi connectivity index (χ1n) is 7.30. The van der Waals surface area contributed by atoms with E-state index in [4.69, 9.17) is 4.74 Å². The monoisotopic (exact) mass is 319 g/mol. The van der Waals surface area contributed by atoms with E-state index in [2.05, 4.69) is 36.1 Å². The molecule has 0 saturated heterocycles. The average molecular weight is 319 g/mol. The van der Waals surface area contributed by atoms with E-state index >= 15 is 0 Å². The second-order valence-corrected chi connectivity index (χ2v) is 12.3. The molecule has 1 aromatic rings. The molecule has 1 rings (SSSR count). The molecule has 0 radical (unpaired) electrons. The maximum atomic E-state index is 11.5.